The average molecular weight is 794 g/mol. The van der Waals surface area contributed by atoms with Crippen LogP contribution in [0.5, 0.6) is 0 Å². The molecule has 0 N–H and O–H groups in total. The van der Waals surface area contributed by atoms with Crippen LogP contribution >= 0.6 is 0 Å². The Morgan fingerprint density at radius 1 is 0.258 bits per heavy atom. The van der Waals surface area contributed by atoms with E-state index in [1.807, 2.05) is 72.8 Å². The van der Waals surface area contributed by atoms with Gasteiger partial charge in [-0.1, -0.05) is 170 Å². The molecular weight excluding hydrogens is 759 g/mol. The van der Waals surface area contributed by atoms with Gasteiger partial charge in [0.05, 0.1) is 0 Å². The fourth-order valence-electron chi connectivity index (χ4n) is 8.81. The maximum absolute atomic E-state index is 6.43. The third-order valence-corrected chi connectivity index (χ3v) is 11.8. The van der Waals surface area contributed by atoms with Crippen molar-refractivity contribution in [2.45, 2.75) is 0 Å². The number of hydrogen-bond acceptors (Lipinski definition) is 5. The summed E-state index contributed by atoms with van der Waals surface area (Å²) < 4.78 is 12.7. The van der Waals surface area contributed by atoms with E-state index in [1.54, 1.807) is 0 Å². The van der Waals surface area contributed by atoms with Crippen molar-refractivity contribution in [3.8, 4) is 78.7 Å². The van der Waals surface area contributed by atoms with Crippen molar-refractivity contribution in [2.24, 2.45) is 0 Å². The van der Waals surface area contributed by atoms with Crippen LogP contribution < -0.4 is 0 Å². The van der Waals surface area contributed by atoms with Gasteiger partial charge in [-0.3, -0.25) is 0 Å². The molecule has 0 amide bonds. The molecule has 0 radical (unpaired) electrons. The zero-order chi connectivity index (χ0) is 41.0. The fraction of sp³-hybridized carbons (Fsp3) is 0. The predicted molar refractivity (Wildman–Crippen MR) is 252 cm³/mol. The van der Waals surface area contributed by atoms with Crippen LogP contribution in [-0.4, -0.2) is 15.0 Å². The molecule has 5 nitrogen and oxygen atoms in total. The summed E-state index contributed by atoms with van der Waals surface area (Å²) in [5, 5.41) is 4.22. The summed E-state index contributed by atoms with van der Waals surface area (Å²) in [5.41, 5.74) is 15.0. The Balaban J connectivity index is 1.04. The van der Waals surface area contributed by atoms with Crippen LogP contribution in [0.2, 0.25) is 0 Å². The molecule has 0 aliphatic heterocycles. The maximum atomic E-state index is 6.43. The molecule has 0 fully saturated rings. The Kier molecular flexibility index (Phi) is 8.42. The van der Waals surface area contributed by atoms with E-state index in [1.165, 1.54) is 0 Å². The molecule has 290 valence electrons. The smallest absolute Gasteiger partial charge is 0.164 e. The first-order valence-electron chi connectivity index (χ1n) is 20.8. The SMILES string of the molecule is c1ccc(-c2cc(-c3ccc(-c4nc(-c5ccccc5)nc(-c5cccc6oc7ccccc7c56)n4)cc3)c(-c3ccccc3)c(-c3ccc4c(c3)oc3ccccc34)c2)cc1. The Morgan fingerprint density at radius 3 is 1.45 bits per heavy atom. The van der Waals surface area contributed by atoms with Crippen molar-refractivity contribution < 1.29 is 8.83 Å². The standard InChI is InChI=1S/C57H35N3O2/c1-4-15-36(16-5-1)42-33-47(53(38-17-6-2-7-18-38)48(34-42)41-31-32-44-43-21-10-12-24-49(43)62-52(44)35-41)37-27-29-40(30-28-37)56-58-55(39-19-8-3-9-20-39)59-57(60-56)46-23-14-26-51-54(46)45-22-11-13-25-50(45)61-51/h1-35H. The lowest BCUT2D eigenvalue weighted by atomic mass is 9.84. The largest absolute Gasteiger partial charge is 0.456 e. The third kappa shape index (κ3) is 6.14. The van der Waals surface area contributed by atoms with Gasteiger partial charge >= 0.3 is 0 Å². The van der Waals surface area contributed by atoms with Crippen molar-refractivity contribution in [3.05, 3.63) is 212 Å². The Labute approximate surface area is 357 Å². The Bertz CT molecular complexity index is 3610. The molecule has 5 heteroatoms. The topological polar surface area (TPSA) is 65.0 Å². The zero-order valence-electron chi connectivity index (χ0n) is 33.4. The second kappa shape index (κ2) is 14.7. The Hall–Kier alpha value is -8.41. The van der Waals surface area contributed by atoms with Gasteiger partial charge in [0.1, 0.15) is 22.3 Å². The molecule has 0 saturated heterocycles. The van der Waals surface area contributed by atoms with Gasteiger partial charge in [0.25, 0.3) is 0 Å². The minimum Gasteiger partial charge on any atom is -0.456 e. The second-order valence-electron chi connectivity index (χ2n) is 15.5. The van der Waals surface area contributed by atoms with Gasteiger partial charge in [-0.25, -0.2) is 15.0 Å². The molecule has 0 bridgehead atoms. The molecule has 0 atom stereocenters. The molecule has 3 aromatic heterocycles. The van der Waals surface area contributed by atoms with Crippen molar-refractivity contribution >= 4 is 43.9 Å². The molecule has 0 saturated carbocycles. The number of furan rings is 2. The van der Waals surface area contributed by atoms with Crippen LogP contribution in [0.15, 0.2) is 221 Å². The monoisotopic (exact) mass is 793 g/mol. The van der Waals surface area contributed by atoms with Crippen molar-refractivity contribution in [1.29, 1.82) is 0 Å². The van der Waals surface area contributed by atoms with Crippen molar-refractivity contribution in [2.75, 3.05) is 0 Å². The fourth-order valence-corrected chi connectivity index (χ4v) is 8.81. The lowest BCUT2D eigenvalue weighted by Gasteiger charge is -2.19. The van der Waals surface area contributed by atoms with E-state index in [-0.39, 0.29) is 0 Å². The molecule has 0 aliphatic carbocycles. The summed E-state index contributed by atoms with van der Waals surface area (Å²) in [6, 6.07) is 73.6. The van der Waals surface area contributed by atoms with Gasteiger partial charge < -0.3 is 8.83 Å². The Morgan fingerprint density at radius 2 is 0.742 bits per heavy atom. The quantitative estimate of drug-likeness (QED) is 0.161. The van der Waals surface area contributed by atoms with Gasteiger partial charge in [0.15, 0.2) is 17.5 Å². The maximum Gasteiger partial charge on any atom is 0.164 e. The lowest BCUT2D eigenvalue weighted by molar-refractivity contribution is 0.668. The van der Waals surface area contributed by atoms with Crippen LogP contribution in [0, 0.1) is 0 Å². The van der Waals surface area contributed by atoms with Crippen LogP contribution in [0.4, 0.5) is 0 Å². The normalized spacial score (nSPS) is 11.5. The summed E-state index contributed by atoms with van der Waals surface area (Å²) >= 11 is 0. The lowest BCUT2D eigenvalue weighted by Crippen LogP contribution is -2.00. The highest BCUT2D eigenvalue weighted by atomic mass is 16.3. The van der Waals surface area contributed by atoms with Gasteiger partial charge in [-0.2, -0.15) is 0 Å². The molecule has 12 rings (SSSR count). The van der Waals surface area contributed by atoms with Gasteiger partial charge in [0.2, 0.25) is 0 Å². The highest BCUT2D eigenvalue weighted by Gasteiger charge is 2.21. The molecule has 0 spiro atoms. The summed E-state index contributed by atoms with van der Waals surface area (Å²) in [6.45, 7) is 0. The van der Waals surface area contributed by atoms with E-state index >= 15 is 0 Å². The molecule has 62 heavy (non-hydrogen) atoms. The van der Waals surface area contributed by atoms with Crippen molar-refractivity contribution in [3.63, 3.8) is 0 Å². The van der Waals surface area contributed by atoms with E-state index in [4.69, 9.17) is 23.8 Å². The summed E-state index contributed by atoms with van der Waals surface area (Å²) in [4.78, 5) is 15.4. The summed E-state index contributed by atoms with van der Waals surface area (Å²) in [6.07, 6.45) is 0. The molecule has 3 heterocycles. The predicted octanol–water partition coefficient (Wildman–Crippen LogP) is 15.3. The van der Waals surface area contributed by atoms with E-state index in [0.29, 0.717) is 17.5 Å². The second-order valence-corrected chi connectivity index (χ2v) is 15.5. The number of para-hydroxylation sites is 2. The number of aromatic nitrogens is 3. The zero-order valence-corrected chi connectivity index (χ0v) is 33.4. The van der Waals surface area contributed by atoms with Gasteiger partial charge in [0, 0.05) is 38.2 Å². The highest BCUT2D eigenvalue weighted by Crippen LogP contribution is 2.45. The number of nitrogens with zero attached hydrogens (tertiary/aromatic N) is 3. The number of hydrogen-bond donors (Lipinski definition) is 0. The molecule has 12 aromatic rings. The van der Waals surface area contributed by atoms with Crippen LogP contribution in [0.25, 0.3) is 123 Å². The first kappa shape index (κ1) is 35.5. The first-order chi connectivity index (χ1) is 30.7. The van der Waals surface area contributed by atoms with Crippen LogP contribution in [-0.2, 0) is 0 Å². The molecule has 0 unspecified atom stereocenters. The highest BCUT2D eigenvalue weighted by molar-refractivity contribution is 6.12. The summed E-state index contributed by atoms with van der Waals surface area (Å²) in [7, 11) is 0. The van der Waals surface area contributed by atoms with E-state index in [0.717, 1.165) is 105 Å². The average Bonchev–Trinajstić information content (AvgIpc) is 3.93. The first-order valence-corrected chi connectivity index (χ1v) is 20.8. The number of rotatable bonds is 7. The number of benzene rings is 9. The van der Waals surface area contributed by atoms with Crippen LogP contribution in [0.3, 0.4) is 0 Å². The minimum absolute atomic E-state index is 0.586. The van der Waals surface area contributed by atoms with E-state index in [2.05, 4.69) is 140 Å². The van der Waals surface area contributed by atoms with Crippen LogP contribution in [0.1, 0.15) is 0 Å². The van der Waals surface area contributed by atoms with Gasteiger partial charge in [-0.15, -0.1) is 0 Å². The van der Waals surface area contributed by atoms with E-state index < -0.39 is 0 Å². The third-order valence-electron chi connectivity index (χ3n) is 11.8. The summed E-state index contributed by atoms with van der Waals surface area (Å²) in [5.74, 6) is 1.78. The minimum atomic E-state index is 0.586. The molecule has 0 aliphatic rings. The van der Waals surface area contributed by atoms with Gasteiger partial charge in [-0.05, 0) is 87.0 Å². The number of fused-ring (bicyclic) bond motifs is 6. The molecule has 9 aromatic carbocycles. The molecular formula is C57H35N3O2. The van der Waals surface area contributed by atoms with Crippen molar-refractivity contribution in [1.82, 2.24) is 15.0 Å². The van der Waals surface area contributed by atoms with E-state index in [9.17, 15) is 0 Å².